The van der Waals surface area contributed by atoms with E-state index in [2.05, 4.69) is 25.4 Å². The highest BCUT2D eigenvalue weighted by Crippen LogP contribution is 2.40. The van der Waals surface area contributed by atoms with Gasteiger partial charge in [0.2, 0.25) is 5.91 Å². The molecular weight excluding hydrogens is 388 g/mol. The highest BCUT2D eigenvalue weighted by atomic mass is 19.1. The van der Waals surface area contributed by atoms with Gasteiger partial charge in [-0.05, 0) is 50.3 Å². The van der Waals surface area contributed by atoms with Gasteiger partial charge < -0.3 is 15.5 Å². The molecular formula is C22H31F2N5O. The van der Waals surface area contributed by atoms with Gasteiger partial charge in [-0.1, -0.05) is 0 Å². The number of aromatic nitrogens is 1. The van der Waals surface area contributed by atoms with Crippen molar-refractivity contribution >= 4 is 11.7 Å². The van der Waals surface area contributed by atoms with E-state index in [0.717, 1.165) is 64.3 Å². The van der Waals surface area contributed by atoms with Crippen molar-refractivity contribution in [2.24, 2.45) is 17.8 Å². The van der Waals surface area contributed by atoms with E-state index >= 15 is 4.39 Å². The first kappa shape index (κ1) is 20.1. The van der Waals surface area contributed by atoms with Crippen molar-refractivity contribution in [1.29, 1.82) is 0 Å². The number of piperazine rings is 1. The molecule has 4 heterocycles. The van der Waals surface area contributed by atoms with E-state index in [9.17, 15) is 9.18 Å². The van der Waals surface area contributed by atoms with Crippen molar-refractivity contribution in [3.63, 3.8) is 0 Å². The minimum atomic E-state index is -0.864. The third-order valence-electron chi connectivity index (χ3n) is 7.54. The number of carbonyl (C=O) groups excluding carboxylic acids is 1. The van der Waals surface area contributed by atoms with Gasteiger partial charge in [0, 0.05) is 50.7 Å². The fraction of sp³-hybridized carbons (Fsp3) is 0.727. The molecule has 1 amide bonds. The van der Waals surface area contributed by atoms with Crippen molar-refractivity contribution < 1.29 is 13.6 Å². The minimum absolute atomic E-state index is 0.000189. The molecule has 5 rings (SSSR count). The number of hydrogen-bond donors (Lipinski definition) is 2. The first-order valence-corrected chi connectivity index (χ1v) is 11.3. The van der Waals surface area contributed by atoms with Gasteiger partial charge in [-0.2, -0.15) is 0 Å². The van der Waals surface area contributed by atoms with Gasteiger partial charge in [0.15, 0.2) is 0 Å². The van der Waals surface area contributed by atoms with Crippen molar-refractivity contribution in [2.45, 2.75) is 43.9 Å². The number of fused-ring (bicyclic) bond motifs is 3. The van der Waals surface area contributed by atoms with Crippen LogP contribution in [0.2, 0.25) is 0 Å². The molecule has 0 radical (unpaired) electrons. The Kier molecular flexibility index (Phi) is 5.62. The summed E-state index contributed by atoms with van der Waals surface area (Å²) in [6.45, 7) is 5.20. The van der Waals surface area contributed by atoms with Gasteiger partial charge in [0.25, 0.3) is 0 Å². The molecule has 6 atom stereocenters. The molecule has 2 N–H and O–H groups in total. The summed E-state index contributed by atoms with van der Waals surface area (Å²) in [5, 5.41) is 6.62. The standard InChI is InChI=1S/C22H31F2N5O/c23-15-3-4-19(26-12-15)29-8-6-28(7-9-29)13-14-10-17(24)20-18(11-14)27-22(30)16-2-1-5-25-21(16)20/h3-4,12,14,16-18,20-21,25H,1-2,5-11,13H2,(H,27,30). The van der Waals surface area contributed by atoms with Gasteiger partial charge in [-0.15, -0.1) is 0 Å². The van der Waals surface area contributed by atoms with E-state index in [4.69, 9.17) is 0 Å². The Bertz CT molecular complexity index is 754. The minimum Gasteiger partial charge on any atom is -0.354 e. The number of alkyl halides is 1. The van der Waals surface area contributed by atoms with E-state index in [1.165, 1.54) is 12.3 Å². The summed E-state index contributed by atoms with van der Waals surface area (Å²) < 4.78 is 28.4. The maximum atomic E-state index is 15.3. The van der Waals surface area contributed by atoms with Crippen molar-refractivity contribution in [3.05, 3.63) is 24.1 Å². The van der Waals surface area contributed by atoms with Crippen LogP contribution in [0.4, 0.5) is 14.6 Å². The number of amides is 1. The molecule has 1 aromatic rings. The third-order valence-corrected chi connectivity index (χ3v) is 7.54. The van der Waals surface area contributed by atoms with Gasteiger partial charge >= 0.3 is 0 Å². The largest absolute Gasteiger partial charge is 0.354 e. The van der Waals surface area contributed by atoms with E-state index < -0.39 is 6.17 Å². The Labute approximate surface area is 176 Å². The maximum absolute atomic E-state index is 15.3. The average Bonchev–Trinajstić information content (AvgIpc) is 2.75. The fourth-order valence-electron chi connectivity index (χ4n) is 6.10. The zero-order chi connectivity index (χ0) is 20.7. The number of nitrogens with one attached hydrogen (secondary N) is 2. The number of hydrogen-bond acceptors (Lipinski definition) is 5. The highest BCUT2D eigenvalue weighted by molar-refractivity contribution is 5.81. The summed E-state index contributed by atoms with van der Waals surface area (Å²) in [5.41, 5.74) is 0. The Morgan fingerprint density at radius 1 is 1.17 bits per heavy atom. The molecule has 0 bridgehead atoms. The molecule has 6 unspecified atom stereocenters. The molecule has 0 aromatic carbocycles. The lowest BCUT2D eigenvalue weighted by atomic mass is 9.66. The molecule has 0 spiro atoms. The van der Waals surface area contributed by atoms with Crippen LogP contribution >= 0.6 is 0 Å². The molecule has 4 fully saturated rings. The number of pyridine rings is 1. The van der Waals surface area contributed by atoms with Crippen LogP contribution in [0.1, 0.15) is 25.7 Å². The van der Waals surface area contributed by atoms with Gasteiger partial charge in [0.05, 0.1) is 12.1 Å². The molecule has 1 saturated carbocycles. The van der Waals surface area contributed by atoms with Crippen LogP contribution in [0.5, 0.6) is 0 Å². The van der Waals surface area contributed by atoms with E-state index in [0.29, 0.717) is 6.42 Å². The summed E-state index contributed by atoms with van der Waals surface area (Å²) in [7, 11) is 0. The predicted octanol–water partition coefficient (Wildman–Crippen LogP) is 1.57. The summed E-state index contributed by atoms with van der Waals surface area (Å²) in [5.74, 6) is 0.700. The van der Waals surface area contributed by atoms with Crippen LogP contribution in [0.25, 0.3) is 0 Å². The van der Waals surface area contributed by atoms with Crippen LogP contribution in [0.15, 0.2) is 18.3 Å². The van der Waals surface area contributed by atoms with E-state index in [1.54, 1.807) is 6.07 Å². The highest BCUT2D eigenvalue weighted by Gasteiger charge is 2.51. The van der Waals surface area contributed by atoms with Crippen molar-refractivity contribution in [3.8, 4) is 0 Å². The first-order valence-electron chi connectivity index (χ1n) is 11.3. The molecule has 4 aliphatic rings. The summed E-state index contributed by atoms with van der Waals surface area (Å²) >= 11 is 0. The lowest BCUT2D eigenvalue weighted by Crippen LogP contribution is -2.67. The SMILES string of the molecule is O=C1NC2CC(CN3CCN(c4ccc(F)cn4)CC3)CC(F)C2C2NCCCC12. The third kappa shape index (κ3) is 3.91. The van der Waals surface area contributed by atoms with Crippen molar-refractivity contribution in [1.82, 2.24) is 20.5 Å². The molecule has 1 aromatic heterocycles. The first-order chi connectivity index (χ1) is 14.6. The Morgan fingerprint density at radius 3 is 2.77 bits per heavy atom. The van der Waals surface area contributed by atoms with Gasteiger partial charge in [-0.25, -0.2) is 13.8 Å². The lowest BCUT2D eigenvalue weighted by Gasteiger charge is -2.51. The molecule has 8 heteroatoms. The zero-order valence-corrected chi connectivity index (χ0v) is 17.3. The van der Waals surface area contributed by atoms with Crippen LogP contribution in [-0.4, -0.2) is 73.3 Å². The Morgan fingerprint density at radius 2 is 2.00 bits per heavy atom. The normalized spacial score (nSPS) is 37.3. The Balaban J connectivity index is 1.16. The molecule has 30 heavy (non-hydrogen) atoms. The van der Waals surface area contributed by atoms with Gasteiger partial charge in [0.1, 0.15) is 17.8 Å². The second kappa shape index (κ2) is 8.38. The smallest absolute Gasteiger partial charge is 0.224 e. The number of nitrogens with zero attached hydrogens (tertiary/aromatic N) is 3. The second-order valence-electron chi connectivity index (χ2n) is 9.40. The fourth-order valence-corrected chi connectivity index (χ4v) is 6.10. The number of halogens is 2. The quantitative estimate of drug-likeness (QED) is 0.779. The average molecular weight is 420 g/mol. The van der Waals surface area contributed by atoms with Crippen LogP contribution in [0.3, 0.4) is 0 Å². The molecule has 3 aliphatic heterocycles. The molecule has 1 aliphatic carbocycles. The topological polar surface area (TPSA) is 60.5 Å². The number of carbonyl (C=O) groups is 1. The summed E-state index contributed by atoms with van der Waals surface area (Å²) in [6.07, 6.45) is 3.70. The van der Waals surface area contributed by atoms with E-state index in [1.807, 2.05) is 0 Å². The second-order valence-corrected chi connectivity index (χ2v) is 9.40. The van der Waals surface area contributed by atoms with Crippen LogP contribution in [0, 0.1) is 23.6 Å². The molecule has 6 nitrogen and oxygen atoms in total. The monoisotopic (exact) mass is 419 g/mol. The number of anilines is 1. The van der Waals surface area contributed by atoms with Crippen LogP contribution in [-0.2, 0) is 4.79 Å². The van der Waals surface area contributed by atoms with Gasteiger partial charge in [-0.3, -0.25) is 9.69 Å². The number of piperidine rings is 2. The lowest BCUT2D eigenvalue weighted by molar-refractivity contribution is -0.135. The summed E-state index contributed by atoms with van der Waals surface area (Å²) in [6, 6.07) is 3.11. The predicted molar refractivity (Wildman–Crippen MR) is 110 cm³/mol. The summed E-state index contributed by atoms with van der Waals surface area (Å²) in [4.78, 5) is 21.3. The maximum Gasteiger partial charge on any atom is 0.224 e. The van der Waals surface area contributed by atoms with Crippen LogP contribution < -0.4 is 15.5 Å². The Hall–Kier alpha value is -1.80. The van der Waals surface area contributed by atoms with Crippen molar-refractivity contribution in [2.75, 3.05) is 44.2 Å². The molecule has 164 valence electrons. The molecule has 3 saturated heterocycles. The zero-order valence-electron chi connectivity index (χ0n) is 17.3. The number of rotatable bonds is 3. The van der Waals surface area contributed by atoms with E-state index in [-0.39, 0.29) is 41.6 Å².